The maximum absolute atomic E-state index is 5.83. The van der Waals surface area contributed by atoms with E-state index in [4.69, 9.17) is 10.5 Å². The molecule has 2 N–H and O–H groups in total. The second-order valence-corrected chi connectivity index (χ2v) is 6.60. The molecule has 0 fully saturated rings. The molecule has 0 spiro atoms. The van der Waals surface area contributed by atoms with E-state index in [1.54, 1.807) is 11.8 Å². The lowest BCUT2D eigenvalue weighted by molar-refractivity contribution is 0.344. The van der Waals surface area contributed by atoms with Crippen molar-refractivity contribution in [2.24, 2.45) is 5.73 Å². The highest BCUT2D eigenvalue weighted by Crippen LogP contribution is 2.21. The summed E-state index contributed by atoms with van der Waals surface area (Å²) >= 11 is 5.22. The van der Waals surface area contributed by atoms with Gasteiger partial charge < -0.3 is 10.5 Å². The molecule has 1 unspecified atom stereocenters. The summed E-state index contributed by atoms with van der Waals surface area (Å²) in [6.45, 7) is 2.68. The van der Waals surface area contributed by atoms with Crippen LogP contribution in [0.15, 0.2) is 57.9 Å². The van der Waals surface area contributed by atoms with Crippen LogP contribution in [0.5, 0.6) is 5.75 Å². The van der Waals surface area contributed by atoms with Gasteiger partial charge in [0.15, 0.2) is 0 Å². The first-order valence-corrected chi connectivity index (χ1v) is 8.30. The van der Waals surface area contributed by atoms with E-state index in [1.165, 1.54) is 10.5 Å². The summed E-state index contributed by atoms with van der Waals surface area (Å²) in [5, 5.41) is 0. The van der Waals surface area contributed by atoms with Gasteiger partial charge in [0.2, 0.25) is 0 Å². The third kappa shape index (κ3) is 4.85. The summed E-state index contributed by atoms with van der Waals surface area (Å²) in [5.41, 5.74) is 7.00. The van der Waals surface area contributed by atoms with Gasteiger partial charge in [-0.3, -0.25) is 0 Å². The number of halogens is 1. The van der Waals surface area contributed by atoms with Gasteiger partial charge in [0, 0.05) is 21.2 Å². The number of rotatable bonds is 6. The van der Waals surface area contributed by atoms with E-state index in [0.29, 0.717) is 6.61 Å². The van der Waals surface area contributed by atoms with Crippen molar-refractivity contribution in [1.29, 1.82) is 0 Å². The fourth-order valence-corrected chi connectivity index (χ4v) is 2.85. The first-order chi connectivity index (χ1) is 9.65. The minimum Gasteiger partial charge on any atom is -0.493 e. The molecule has 2 rings (SSSR count). The van der Waals surface area contributed by atoms with Crippen LogP contribution in [-0.2, 0) is 0 Å². The summed E-state index contributed by atoms with van der Waals surface area (Å²) in [4.78, 5) is 1.24. The highest BCUT2D eigenvalue weighted by Gasteiger charge is 2.00. The molecule has 2 aromatic rings. The zero-order chi connectivity index (χ0) is 14.4. The predicted octanol–water partition coefficient (Wildman–Crippen LogP) is 4.64. The zero-order valence-corrected chi connectivity index (χ0v) is 13.8. The van der Waals surface area contributed by atoms with E-state index in [-0.39, 0.29) is 6.04 Å². The molecule has 4 heteroatoms. The molecule has 20 heavy (non-hydrogen) atoms. The van der Waals surface area contributed by atoms with Crippen LogP contribution < -0.4 is 10.5 Å². The van der Waals surface area contributed by atoms with Crippen LogP contribution in [0, 0.1) is 0 Å². The number of ether oxygens (including phenoxy) is 1. The SMILES string of the molecule is CC(N)c1ccc(SCCOc2cccc(Br)c2)cc1. The third-order valence-electron chi connectivity index (χ3n) is 2.82. The standard InChI is InChI=1S/C16H18BrNOS/c1-12(18)13-5-7-16(8-6-13)20-10-9-19-15-4-2-3-14(17)11-15/h2-8,11-12H,9-10,18H2,1H3. The van der Waals surface area contributed by atoms with E-state index in [2.05, 4.69) is 40.2 Å². The molecule has 0 aliphatic carbocycles. The number of thioether (sulfide) groups is 1. The first-order valence-electron chi connectivity index (χ1n) is 6.52. The first kappa shape index (κ1) is 15.4. The Kier molecular flexibility index (Phi) is 5.95. The normalized spacial score (nSPS) is 12.2. The van der Waals surface area contributed by atoms with Gasteiger partial charge in [-0.15, -0.1) is 11.8 Å². The summed E-state index contributed by atoms with van der Waals surface area (Å²) in [6, 6.07) is 16.4. The van der Waals surface area contributed by atoms with Crippen LogP contribution in [0.25, 0.3) is 0 Å². The van der Waals surface area contributed by atoms with Crippen LogP contribution in [0.1, 0.15) is 18.5 Å². The maximum atomic E-state index is 5.83. The van der Waals surface area contributed by atoms with Crippen LogP contribution in [-0.4, -0.2) is 12.4 Å². The van der Waals surface area contributed by atoms with Crippen molar-refractivity contribution in [3.63, 3.8) is 0 Å². The summed E-state index contributed by atoms with van der Waals surface area (Å²) < 4.78 is 6.74. The molecule has 0 aliphatic heterocycles. The largest absolute Gasteiger partial charge is 0.493 e. The average Bonchev–Trinajstić information content (AvgIpc) is 2.44. The van der Waals surface area contributed by atoms with Crippen molar-refractivity contribution in [3.8, 4) is 5.75 Å². The number of hydrogen-bond donors (Lipinski definition) is 1. The van der Waals surface area contributed by atoms with Gasteiger partial charge in [0.05, 0.1) is 6.61 Å². The molecule has 0 heterocycles. The summed E-state index contributed by atoms with van der Waals surface area (Å²) in [6.07, 6.45) is 0. The van der Waals surface area contributed by atoms with Gasteiger partial charge in [-0.25, -0.2) is 0 Å². The smallest absolute Gasteiger partial charge is 0.120 e. The molecular weight excluding hydrogens is 334 g/mol. The second-order valence-electron chi connectivity index (χ2n) is 4.51. The van der Waals surface area contributed by atoms with E-state index in [0.717, 1.165) is 16.0 Å². The predicted molar refractivity (Wildman–Crippen MR) is 89.4 cm³/mol. The second kappa shape index (κ2) is 7.72. The van der Waals surface area contributed by atoms with E-state index >= 15 is 0 Å². The van der Waals surface area contributed by atoms with Crippen LogP contribution >= 0.6 is 27.7 Å². The van der Waals surface area contributed by atoms with Crippen molar-refractivity contribution in [1.82, 2.24) is 0 Å². The third-order valence-corrected chi connectivity index (χ3v) is 4.29. The highest BCUT2D eigenvalue weighted by molar-refractivity contribution is 9.10. The Morgan fingerprint density at radius 2 is 1.95 bits per heavy atom. The lowest BCUT2D eigenvalue weighted by Gasteiger charge is -2.08. The Morgan fingerprint density at radius 3 is 2.60 bits per heavy atom. The van der Waals surface area contributed by atoms with E-state index < -0.39 is 0 Å². The molecule has 0 saturated carbocycles. The van der Waals surface area contributed by atoms with Gasteiger partial charge in [-0.1, -0.05) is 34.1 Å². The minimum absolute atomic E-state index is 0.0916. The maximum Gasteiger partial charge on any atom is 0.120 e. The van der Waals surface area contributed by atoms with Crippen molar-refractivity contribution >= 4 is 27.7 Å². The molecule has 2 nitrogen and oxygen atoms in total. The Morgan fingerprint density at radius 1 is 1.20 bits per heavy atom. The lowest BCUT2D eigenvalue weighted by Crippen LogP contribution is -2.04. The van der Waals surface area contributed by atoms with Crippen molar-refractivity contribution in [2.45, 2.75) is 17.9 Å². The van der Waals surface area contributed by atoms with Crippen molar-refractivity contribution in [3.05, 3.63) is 58.6 Å². The van der Waals surface area contributed by atoms with E-state index in [1.807, 2.05) is 31.2 Å². The molecule has 0 amide bonds. The minimum atomic E-state index is 0.0916. The van der Waals surface area contributed by atoms with Gasteiger partial charge in [0.1, 0.15) is 5.75 Å². The van der Waals surface area contributed by atoms with Gasteiger partial charge in [-0.05, 0) is 42.8 Å². The molecule has 0 aliphatic rings. The number of nitrogens with two attached hydrogens (primary N) is 1. The summed E-state index contributed by atoms with van der Waals surface area (Å²) in [7, 11) is 0. The topological polar surface area (TPSA) is 35.2 Å². The monoisotopic (exact) mass is 351 g/mol. The molecule has 0 aromatic heterocycles. The summed E-state index contributed by atoms with van der Waals surface area (Å²) in [5.74, 6) is 1.82. The average molecular weight is 352 g/mol. The quantitative estimate of drug-likeness (QED) is 0.608. The van der Waals surface area contributed by atoms with E-state index in [9.17, 15) is 0 Å². The van der Waals surface area contributed by atoms with Crippen LogP contribution in [0.3, 0.4) is 0 Å². The van der Waals surface area contributed by atoms with Crippen LogP contribution in [0.2, 0.25) is 0 Å². The molecular formula is C16H18BrNOS. The molecule has 2 aromatic carbocycles. The molecule has 0 radical (unpaired) electrons. The highest BCUT2D eigenvalue weighted by atomic mass is 79.9. The van der Waals surface area contributed by atoms with Crippen LogP contribution in [0.4, 0.5) is 0 Å². The van der Waals surface area contributed by atoms with Gasteiger partial charge in [0.25, 0.3) is 0 Å². The Balaban J connectivity index is 1.75. The molecule has 0 bridgehead atoms. The number of benzene rings is 2. The lowest BCUT2D eigenvalue weighted by atomic mass is 10.1. The van der Waals surface area contributed by atoms with Crippen molar-refractivity contribution < 1.29 is 4.74 Å². The molecule has 106 valence electrons. The fourth-order valence-electron chi connectivity index (χ4n) is 1.74. The Bertz CT molecular complexity index is 542. The van der Waals surface area contributed by atoms with Crippen molar-refractivity contribution in [2.75, 3.05) is 12.4 Å². The van der Waals surface area contributed by atoms with Gasteiger partial charge >= 0.3 is 0 Å². The zero-order valence-electron chi connectivity index (χ0n) is 11.4. The Labute approximate surface area is 132 Å². The Hall–Kier alpha value is -0.970. The number of hydrogen-bond acceptors (Lipinski definition) is 3. The van der Waals surface area contributed by atoms with Gasteiger partial charge in [-0.2, -0.15) is 0 Å². The molecule has 1 atom stereocenters. The fraction of sp³-hybridized carbons (Fsp3) is 0.250. The molecule has 0 saturated heterocycles.